The molecule has 0 atom stereocenters. The van der Waals surface area contributed by atoms with Gasteiger partial charge in [-0.2, -0.15) is 0 Å². The molecule has 2 aromatic rings. The van der Waals surface area contributed by atoms with Crippen LogP contribution >= 0.6 is 0 Å². The van der Waals surface area contributed by atoms with Gasteiger partial charge in [0.25, 0.3) is 8.32 Å². The van der Waals surface area contributed by atoms with Gasteiger partial charge in [0.05, 0.1) is 0 Å². The van der Waals surface area contributed by atoms with Crippen molar-refractivity contribution in [1.82, 2.24) is 0 Å². The van der Waals surface area contributed by atoms with E-state index in [-0.39, 0.29) is 18.0 Å². The van der Waals surface area contributed by atoms with Crippen molar-refractivity contribution in [2.75, 3.05) is 0 Å². The molecule has 0 radical (unpaired) electrons. The molecule has 0 aromatic heterocycles. The number of carbonyl (C=O) groups is 1. The molecular formula is C23H32O3Si. The minimum atomic E-state index is -2.13. The second kappa shape index (κ2) is 8.74. The lowest BCUT2D eigenvalue weighted by molar-refractivity contribution is 0.0993. The van der Waals surface area contributed by atoms with Gasteiger partial charge in [-0.1, -0.05) is 77.9 Å². The summed E-state index contributed by atoms with van der Waals surface area (Å²) < 4.78 is 6.57. The first kappa shape index (κ1) is 21.2. The number of benzene rings is 2. The Morgan fingerprint density at radius 2 is 1.48 bits per heavy atom. The topological polar surface area (TPSA) is 46.5 Å². The summed E-state index contributed by atoms with van der Waals surface area (Å²) >= 11 is 0. The van der Waals surface area contributed by atoms with Crippen LogP contribution in [0.3, 0.4) is 0 Å². The Bertz CT molecular complexity index is 745. The van der Waals surface area contributed by atoms with Crippen LogP contribution in [0.5, 0.6) is 11.5 Å². The molecule has 1 N–H and O–H groups in total. The summed E-state index contributed by atoms with van der Waals surface area (Å²) in [7, 11) is -2.13. The van der Waals surface area contributed by atoms with Gasteiger partial charge in [0.2, 0.25) is 0 Å². The summed E-state index contributed by atoms with van der Waals surface area (Å²) in [5.74, 6) is 0.694. The first-order valence-electron chi connectivity index (χ1n) is 9.77. The molecule has 0 spiro atoms. The first-order chi connectivity index (χ1) is 12.7. The molecule has 146 valence electrons. The molecule has 2 rings (SSSR count). The van der Waals surface area contributed by atoms with E-state index in [1.54, 1.807) is 6.07 Å². The third-order valence-corrected chi connectivity index (χ3v) is 11.5. The standard InChI is InChI=1S/C23H32O3Si/c1-16(2)27(17(3)4,18(5)6)26-23-13-12-19(15-22(23)25)14-21(24)20-10-8-7-9-11-20/h7-13,15-18,25H,14H2,1-6H3. The maximum absolute atomic E-state index is 12.4. The fourth-order valence-electron chi connectivity index (χ4n) is 4.21. The zero-order chi connectivity index (χ0) is 20.2. The van der Waals surface area contributed by atoms with E-state index in [2.05, 4.69) is 41.5 Å². The van der Waals surface area contributed by atoms with Gasteiger partial charge in [-0.25, -0.2) is 0 Å². The van der Waals surface area contributed by atoms with Crippen LogP contribution in [0.15, 0.2) is 48.5 Å². The summed E-state index contributed by atoms with van der Waals surface area (Å²) in [5, 5.41) is 10.6. The molecule has 0 saturated carbocycles. The lowest BCUT2D eigenvalue weighted by Crippen LogP contribution is -2.50. The SMILES string of the molecule is CC(C)[Si](Oc1ccc(CC(=O)c2ccccc2)cc1O)(C(C)C)C(C)C. The predicted molar refractivity (Wildman–Crippen MR) is 114 cm³/mol. The molecule has 2 aromatic carbocycles. The lowest BCUT2D eigenvalue weighted by Gasteiger charge is -2.42. The molecular weight excluding hydrogens is 352 g/mol. The van der Waals surface area contributed by atoms with E-state index in [0.29, 0.717) is 27.9 Å². The highest BCUT2D eigenvalue weighted by molar-refractivity contribution is 6.78. The van der Waals surface area contributed by atoms with E-state index in [1.807, 2.05) is 42.5 Å². The zero-order valence-corrected chi connectivity index (χ0v) is 18.3. The summed E-state index contributed by atoms with van der Waals surface area (Å²) in [6.07, 6.45) is 0.263. The normalized spacial score (nSPS) is 12.0. The Morgan fingerprint density at radius 1 is 0.926 bits per heavy atom. The average Bonchev–Trinajstić information content (AvgIpc) is 2.61. The van der Waals surface area contributed by atoms with E-state index in [1.165, 1.54) is 0 Å². The van der Waals surface area contributed by atoms with E-state index in [0.717, 1.165) is 5.56 Å². The third-order valence-electron chi connectivity index (χ3n) is 5.48. The van der Waals surface area contributed by atoms with E-state index in [4.69, 9.17) is 4.43 Å². The van der Waals surface area contributed by atoms with Crippen molar-refractivity contribution < 1.29 is 14.3 Å². The quantitative estimate of drug-likeness (QED) is 0.425. The molecule has 0 aliphatic carbocycles. The number of phenols is 1. The molecule has 0 aliphatic rings. The van der Waals surface area contributed by atoms with Gasteiger partial charge in [0.15, 0.2) is 11.5 Å². The van der Waals surface area contributed by atoms with Gasteiger partial charge < -0.3 is 9.53 Å². The van der Waals surface area contributed by atoms with Crippen LogP contribution in [0.4, 0.5) is 0 Å². The number of Topliss-reactive ketones (excluding diaryl/α,β-unsaturated/α-hetero) is 1. The number of aromatic hydroxyl groups is 1. The fourth-order valence-corrected chi connectivity index (χ4v) is 9.48. The Morgan fingerprint density at radius 3 is 1.96 bits per heavy atom. The van der Waals surface area contributed by atoms with Crippen LogP contribution in [0.2, 0.25) is 16.6 Å². The van der Waals surface area contributed by atoms with Gasteiger partial charge >= 0.3 is 0 Å². The second-order valence-electron chi connectivity index (χ2n) is 8.19. The Kier molecular flexibility index (Phi) is 6.87. The molecule has 0 aliphatic heterocycles. The van der Waals surface area contributed by atoms with E-state index in [9.17, 15) is 9.90 Å². The molecule has 0 heterocycles. The van der Waals surface area contributed by atoms with Crippen molar-refractivity contribution >= 4 is 14.1 Å². The largest absolute Gasteiger partial charge is 0.540 e. The maximum atomic E-state index is 12.4. The Hall–Kier alpha value is -2.07. The van der Waals surface area contributed by atoms with Crippen molar-refractivity contribution in [2.24, 2.45) is 0 Å². The Labute approximate surface area is 164 Å². The zero-order valence-electron chi connectivity index (χ0n) is 17.3. The monoisotopic (exact) mass is 384 g/mol. The number of rotatable bonds is 8. The fraction of sp³-hybridized carbons (Fsp3) is 0.435. The molecule has 0 fully saturated rings. The molecule has 0 bridgehead atoms. The van der Waals surface area contributed by atoms with Gasteiger partial charge in [-0.05, 0) is 34.3 Å². The number of phenolic OH excluding ortho intramolecular Hbond substituents is 1. The van der Waals surface area contributed by atoms with Gasteiger partial charge in [0, 0.05) is 12.0 Å². The lowest BCUT2D eigenvalue weighted by atomic mass is 10.0. The number of hydrogen-bond donors (Lipinski definition) is 1. The van der Waals surface area contributed by atoms with Crippen LogP contribution in [0.25, 0.3) is 0 Å². The summed E-state index contributed by atoms with van der Waals surface area (Å²) in [6, 6.07) is 14.6. The minimum absolute atomic E-state index is 0.0407. The highest BCUT2D eigenvalue weighted by Gasteiger charge is 2.47. The Balaban J connectivity index is 2.24. The molecule has 0 saturated heterocycles. The van der Waals surface area contributed by atoms with Crippen molar-refractivity contribution in [3.63, 3.8) is 0 Å². The summed E-state index contributed by atoms with van der Waals surface area (Å²) in [5.41, 5.74) is 2.76. The smallest absolute Gasteiger partial charge is 0.258 e. The van der Waals surface area contributed by atoms with Crippen LogP contribution in [0.1, 0.15) is 57.5 Å². The summed E-state index contributed by atoms with van der Waals surface area (Å²) in [6.45, 7) is 13.3. The minimum Gasteiger partial charge on any atom is -0.540 e. The molecule has 27 heavy (non-hydrogen) atoms. The van der Waals surface area contributed by atoms with Gasteiger partial charge in [-0.3, -0.25) is 4.79 Å². The van der Waals surface area contributed by atoms with Gasteiger partial charge in [0.1, 0.15) is 5.75 Å². The van der Waals surface area contributed by atoms with Crippen LogP contribution in [-0.2, 0) is 6.42 Å². The third kappa shape index (κ3) is 4.61. The highest BCUT2D eigenvalue weighted by atomic mass is 28.4. The maximum Gasteiger partial charge on any atom is 0.258 e. The van der Waals surface area contributed by atoms with Crippen molar-refractivity contribution in [1.29, 1.82) is 0 Å². The second-order valence-corrected chi connectivity index (χ2v) is 13.6. The van der Waals surface area contributed by atoms with Crippen molar-refractivity contribution in [3.8, 4) is 11.5 Å². The predicted octanol–water partition coefficient (Wildman–Crippen LogP) is 6.37. The van der Waals surface area contributed by atoms with Crippen molar-refractivity contribution in [3.05, 3.63) is 59.7 Å². The molecule has 0 unspecified atom stereocenters. The number of ketones is 1. The van der Waals surface area contributed by atoms with Crippen LogP contribution in [-0.4, -0.2) is 19.2 Å². The van der Waals surface area contributed by atoms with Crippen molar-refractivity contribution in [2.45, 2.75) is 64.6 Å². The van der Waals surface area contributed by atoms with Crippen LogP contribution in [0, 0.1) is 0 Å². The highest BCUT2D eigenvalue weighted by Crippen LogP contribution is 2.44. The first-order valence-corrected chi connectivity index (χ1v) is 11.9. The van der Waals surface area contributed by atoms with E-state index >= 15 is 0 Å². The van der Waals surface area contributed by atoms with Crippen LogP contribution < -0.4 is 4.43 Å². The summed E-state index contributed by atoms with van der Waals surface area (Å²) in [4.78, 5) is 12.4. The number of carbonyl (C=O) groups excluding carboxylic acids is 1. The molecule has 4 heteroatoms. The molecule has 3 nitrogen and oxygen atoms in total. The van der Waals surface area contributed by atoms with Gasteiger partial charge in [-0.15, -0.1) is 0 Å². The molecule has 0 amide bonds. The average molecular weight is 385 g/mol. The van der Waals surface area contributed by atoms with E-state index < -0.39 is 8.32 Å². The number of hydrogen-bond acceptors (Lipinski definition) is 3.